The fraction of sp³-hybridized carbons (Fsp3) is 1.00. The van der Waals surface area contributed by atoms with Crippen LogP contribution in [0.2, 0.25) is 0 Å². The van der Waals surface area contributed by atoms with Crippen LogP contribution in [-0.4, -0.2) is 38.9 Å². The SMILES string of the molecule is COCCNCCNC(C)(C)C. The molecule has 0 aliphatic carbocycles. The van der Waals surface area contributed by atoms with E-state index >= 15 is 0 Å². The predicted octanol–water partition coefficient (Wildman–Crippen LogP) is 0.610. The maximum atomic E-state index is 4.91. The topological polar surface area (TPSA) is 33.3 Å². The molecule has 0 aliphatic rings. The Morgan fingerprint density at radius 1 is 1.08 bits per heavy atom. The molecule has 0 fully saturated rings. The van der Waals surface area contributed by atoms with Gasteiger partial charge in [0.1, 0.15) is 0 Å². The van der Waals surface area contributed by atoms with Crippen LogP contribution in [0.1, 0.15) is 20.8 Å². The molecule has 74 valence electrons. The van der Waals surface area contributed by atoms with E-state index in [0.29, 0.717) is 0 Å². The Hall–Kier alpha value is -0.120. The summed E-state index contributed by atoms with van der Waals surface area (Å²) in [4.78, 5) is 0. The zero-order valence-corrected chi connectivity index (χ0v) is 8.74. The van der Waals surface area contributed by atoms with Gasteiger partial charge in [-0.3, -0.25) is 0 Å². The summed E-state index contributed by atoms with van der Waals surface area (Å²) in [5.74, 6) is 0. The van der Waals surface area contributed by atoms with Crippen LogP contribution in [0.5, 0.6) is 0 Å². The van der Waals surface area contributed by atoms with Gasteiger partial charge in [-0.1, -0.05) is 0 Å². The molecule has 0 unspecified atom stereocenters. The van der Waals surface area contributed by atoms with Crippen LogP contribution in [0, 0.1) is 0 Å². The van der Waals surface area contributed by atoms with Gasteiger partial charge in [0.15, 0.2) is 0 Å². The van der Waals surface area contributed by atoms with Crippen LogP contribution in [0.3, 0.4) is 0 Å². The van der Waals surface area contributed by atoms with E-state index in [1.807, 2.05) is 0 Å². The minimum absolute atomic E-state index is 0.225. The number of hydrogen-bond donors (Lipinski definition) is 2. The second-order valence-electron chi connectivity index (χ2n) is 3.92. The van der Waals surface area contributed by atoms with Crippen LogP contribution in [-0.2, 0) is 4.74 Å². The third kappa shape index (κ3) is 9.88. The Kier molecular flexibility index (Phi) is 6.34. The number of nitrogens with one attached hydrogen (secondary N) is 2. The van der Waals surface area contributed by atoms with Gasteiger partial charge in [-0.2, -0.15) is 0 Å². The second-order valence-corrected chi connectivity index (χ2v) is 3.92. The van der Waals surface area contributed by atoms with Crippen molar-refractivity contribution in [3.63, 3.8) is 0 Å². The smallest absolute Gasteiger partial charge is 0.0587 e. The molecule has 0 saturated carbocycles. The average molecular weight is 174 g/mol. The van der Waals surface area contributed by atoms with Crippen molar-refractivity contribution in [3.05, 3.63) is 0 Å². The van der Waals surface area contributed by atoms with Gasteiger partial charge in [-0.25, -0.2) is 0 Å². The van der Waals surface area contributed by atoms with Crippen molar-refractivity contribution >= 4 is 0 Å². The number of methoxy groups -OCH3 is 1. The third-order valence-corrected chi connectivity index (χ3v) is 1.44. The van der Waals surface area contributed by atoms with Gasteiger partial charge in [0, 0.05) is 32.3 Å². The maximum absolute atomic E-state index is 4.91. The van der Waals surface area contributed by atoms with Crippen LogP contribution < -0.4 is 10.6 Å². The molecule has 0 bridgehead atoms. The van der Waals surface area contributed by atoms with E-state index in [1.165, 1.54) is 0 Å². The molecule has 0 atom stereocenters. The highest BCUT2D eigenvalue weighted by Crippen LogP contribution is 1.95. The Bertz CT molecular complexity index is 99.2. The molecule has 0 aromatic heterocycles. The number of hydrogen-bond acceptors (Lipinski definition) is 3. The lowest BCUT2D eigenvalue weighted by atomic mass is 10.1. The first kappa shape index (κ1) is 11.9. The third-order valence-electron chi connectivity index (χ3n) is 1.44. The number of ether oxygens (including phenoxy) is 1. The molecular weight excluding hydrogens is 152 g/mol. The highest BCUT2D eigenvalue weighted by molar-refractivity contribution is 4.70. The van der Waals surface area contributed by atoms with Gasteiger partial charge in [0.25, 0.3) is 0 Å². The molecule has 0 amide bonds. The van der Waals surface area contributed by atoms with E-state index in [9.17, 15) is 0 Å². The lowest BCUT2D eigenvalue weighted by molar-refractivity contribution is 0.199. The average Bonchev–Trinajstić information content (AvgIpc) is 1.94. The normalized spacial score (nSPS) is 12.0. The molecule has 0 aromatic carbocycles. The highest BCUT2D eigenvalue weighted by Gasteiger charge is 2.06. The summed E-state index contributed by atoms with van der Waals surface area (Å²) in [6.07, 6.45) is 0. The second kappa shape index (κ2) is 6.40. The number of rotatable bonds is 6. The van der Waals surface area contributed by atoms with Crippen LogP contribution >= 0.6 is 0 Å². The van der Waals surface area contributed by atoms with Crippen molar-refractivity contribution in [1.29, 1.82) is 0 Å². The van der Waals surface area contributed by atoms with Crippen LogP contribution in [0.4, 0.5) is 0 Å². The molecule has 0 saturated heterocycles. The van der Waals surface area contributed by atoms with Gasteiger partial charge >= 0.3 is 0 Å². The summed E-state index contributed by atoms with van der Waals surface area (Å²) in [6.45, 7) is 10.2. The fourth-order valence-electron chi connectivity index (χ4n) is 0.825. The van der Waals surface area contributed by atoms with E-state index < -0.39 is 0 Å². The monoisotopic (exact) mass is 174 g/mol. The van der Waals surface area contributed by atoms with E-state index in [0.717, 1.165) is 26.2 Å². The molecule has 0 heterocycles. The van der Waals surface area contributed by atoms with Gasteiger partial charge in [-0.15, -0.1) is 0 Å². The minimum atomic E-state index is 0.225. The summed E-state index contributed by atoms with van der Waals surface area (Å²) in [7, 11) is 1.72. The van der Waals surface area contributed by atoms with Crippen molar-refractivity contribution in [2.45, 2.75) is 26.3 Å². The molecule has 12 heavy (non-hydrogen) atoms. The highest BCUT2D eigenvalue weighted by atomic mass is 16.5. The summed E-state index contributed by atoms with van der Waals surface area (Å²) in [6, 6.07) is 0. The Morgan fingerprint density at radius 2 is 1.75 bits per heavy atom. The van der Waals surface area contributed by atoms with Crippen molar-refractivity contribution in [1.82, 2.24) is 10.6 Å². The Labute approximate surface area is 75.9 Å². The quantitative estimate of drug-likeness (QED) is 0.579. The van der Waals surface area contributed by atoms with E-state index in [1.54, 1.807) is 7.11 Å². The largest absolute Gasteiger partial charge is 0.383 e. The fourth-order valence-corrected chi connectivity index (χ4v) is 0.825. The molecule has 3 heteroatoms. The van der Waals surface area contributed by atoms with E-state index in [4.69, 9.17) is 4.74 Å². The summed E-state index contributed by atoms with van der Waals surface area (Å²) in [5, 5.41) is 6.67. The standard InChI is InChI=1S/C9H22N2O/c1-9(2,3)11-6-5-10-7-8-12-4/h10-11H,5-8H2,1-4H3. The van der Waals surface area contributed by atoms with Crippen LogP contribution in [0.25, 0.3) is 0 Å². The molecule has 0 rings (SSSR count). The van der Waals surface area contributed by atoms with Crippen molar-refractivity contribution < 1.29 is 4.74 Å². The first-order valence-corrected chi connectivity index (χ1v) is 4.51. The van der Waals surface area contributed by atoms with E-state index in [-0.39, 0.29) is 5.54 Å². The molecule has 2 N–H and O–H groups in total. The molecule has 3 nitrogen and oxygen atoms in total. The molecule has 0 spiro atoms. The zero-order valence-electron chi connectivity index (χ0n) is 8.74. The van der Waals surface area contributed by atoms with Crippen LogP contribution in [0.15, 0.2) is 0 Å². The van der Waals surface area contributed by atoms with Gasteiger partial charge < -0.3 is 15.4 Å². The van der Waals surface area contributed by atoms with Gasteiger partial charge in [-0.05, 0) is 20.8 Å². The molecule has 0 aliphatic heterocycles. The lowest BCUT2D eigenvalue weighted by Crippen LogP contribution is -2.40. The van der Waals surface area contributed by atoms with Gasteiger partial charge in [0.05, 0.1) is 6.61 Å². The summed E-state index contributed by atoms with van der Waals surface area (Å²) >= 11 is 0. The summed E-state index contributed by atoms with van der Waals surface area (Å²) < 4.78 is 4.91. The van der Waals surface area contributed by atoms with Crippen molar-refractivity contribution in [2.24, 2.45) is 0 Å². The molecule has 0 aromatic rings. The predicted molar refractivity (Wildman–Crippen MR) is 52.5 cm³/mol. The van der Waals surface area contributed by atoms with Crippen molar-refractivity contribution in [3.8, 4) is 0 Å². The molecule has 0 radical (unpaired) electrons. The maximum Gasteiger partial charge on any atom is 0.0587 e. The Morgan fingerprint density at radius 3 is 2.25 bits per heavy atom. The van der Waals surface area contributed by atoms with Crippen molar-refractivity contribution in [2.75, 3.05) is 33.4 Å². The first-order valence-electron chi connectivity index (χ1n) is 4.51. The first-order chi connectivity index (χ1) is 5.56. The Balaban J connectivity index is 3.01. The lowest BCUT2D eigenvalue weighted by Gasteiger charge is -2.20. The van der Waals surface area contributed by atoms with E-state index in [2.05, 4.69) is 31.4 Å². The molecular formula is C9H22N2O. The minimum Gasteiger partial charge on any atom is -0.383 e. The zero-order chi connectivity index (χ0) is 9.45. The summed E-state index contributed by atoms with van der Waals surface area (Å²) in [5.41, 5.74) is 0.225. The van der Waals surface area contributed by atoms with Gasteiger partial charge in [0.2, 0.25) is 0 Å².